The van der Waals surface area contributed by atoms with Crippen LogP contribution in [0.5, 0.6) is 0 Å². The Hall–Kier alpha value is -5.48. The number of carbonyl (C=O) groups is 3. The zero-order chi connectivity index (χ0) is 29.8. The summed E-state index contributed by atoms with van der Waals surface area (Å²) in [5, 5.41) is 0.274. The molecule has 2 aromatic heterocycles. The lowest BCUT2D eigenvalue weighted by Gasteiger charge is -2.25. The van der Waals surface area contributed by atoms with Gasteiger partial charge in [-0.1, -0.05) is 54.6 Å². The third-order valence-electron chi connectivity index (χ3n) is 7.00. The second kappa shape index (κ2) is 12.2. The first kappa shape index (κ1) is 27.7. The van der Waals surface area contributed by atoms with Crippen molar-refractivity contribution in [3.63, 3.8) is 0 Å². The molecule has 4 atom stereocenters. The molecule has 0 amide bonds. The third kappa shape index (κ3) is 5.81. The summed E-state index contributed by atoms with van der Waals surface area (Å²) in [5.74, 6) is -2.07. The van der Waals surface area contributed by atoms with Crippen LogP contribution in [-0.4, -0.2) is 47.4 Å². The number of pyridine rings is 1. The van der Waals surface area contributed by atoms with Crippen molar-refractivity contribution in [3.8, 4) is 0 Å². The highest BCUT2D eigenvalue weighted by Crippen LogP contribution is 2.35. The second-order valence-corrected chi connectivity index (χ2v) is 9.73. The van der Waals surface area contributed by atoms with Crippen molar-refractivity contribution in [3.05, 3.63) is 143 Å². The molecule has 1 aliphatic heterocycles. The van der Waals surface area contributed by atoms with E-state index in [9.17, 15) is 19.2 Å². The van der Waals surface area contributed by atoms with E-state index in [-0.39, 0.29) is 23.1 Å². The maximum atomic E-state index is 13.5. The summed E-state index contributed by atoms with van der Waals surface area (Å²) in [6.07, 6.45) is -2.09. The monoisotopic (exact) mass is 579 g/mol. The average Bonchev–Trinajstić information content (AvgIpc) is 3.67. The standard InChI is InChI=1S/C33H25NO9/c35-29-24-17-19-39-25(24)16-18-34(29)30-28(43-33(38)23-14-8-3-9-15-23)27(42-32(37)22-12-6-2-7-13-22)26(41-30)20-40-31(36)21-10-4-1-5-11-21/h1-19,26-28,30H,20H2/t26-,27+,28-,30-/m1/s1. The lowest BCUT2D eigenvalue weighted by Crippen LogP contribution is -2.42. The first-order chi connectivity index (χ1) is 21.0. The number of hydrogen-bond donors (Lipinski definition) is 0. The highest BCUT2D eigenvalue weighted by molar-refractivity contribution is 5.91. The van der Waals surface area contributed by atoms with E-state index in [2.05, 4.69) is 0 Å². The van der Waals surface area contributed by atoms with E-state index in [1.807, 2.05) is 0 Å². The Bertz CT molecular complexity index is 1800. The third-order valence-corrected chi connectivity index (χ3v) is 7.00. The van der Waals surface area contributed by atoms with Gasteiger partial charge in [-0.25, -0.2) is 14.4 Å². The Morgan fingerprint density at radius 1 is 0.674 bits per heavy atom. The molecule has 1 aliphatic rings. The molecule has 3 heterocycles. The summed E-state index contributed by atoms with van der Waals surface area (Å²) >= 11 is 0. The Balaban J connectivity index is 1.37. The fourth-order valence-corrected chi connectivity index (χ4v) is 4.86. The molecule has 10 nitrogen and oxygen atoms in total. The minimum absolute atomic E-state index is 0.242. The Labute approximate surface area is 245 Å². The number of esters is 3. The van der Waals surface area contributed by atoms with Crippen LogP contribution < -0.4 is 5.56 Å². The van der Waals surface area contributed by atoms with Crippen LogP contribution in [0.25, 0.3) is 11.0 Å². The molecular formula is C33H25NO9. The molecule has 0 unspecified atom stereocenters. The number of fused-ring (bicyclic) bond motifs is 1. The van der Waals surface area contributed by atoms with Crippen molar-refractivity contribution in [2.24, 2.45) is 0 Å². The van der Waals surface area contributed by atoms with Crippen molar-refractivity contribution >= 4 is 28.9 Å². The van der Waals surface area contributed by atoms with Crippen molar-refractivity contribution in [2.45, 2.75) is 24.5 Å². The van der Waals surface area contributed by atoms with Crippen molar-refractivity contribution < 1.29 is 37.7 Å². The number of aromatic nitrogens is 1. The van der Waals surface area contributed by atoms with Crippen molar-refractivity contribution in [1.29, 1.82) is 0 Å². The fourth-order valence-electron chi connectivity index (χ4n) is 4.86. The maximum absolute atomic E-state index is 13.5. The molecule has 1 fully saturated rings. The number of carbonyl (C=O) groups excluding carboxylic acids is 3. The lowest BCUT2D eigenvalue weighted by atomic mass is 10.1. The van der Waals surface area contributed by atoms with Crippen LogP contribution in [0.1, 0.15) is 37.3 Å². The molecule has 6 rings (SSSR count). The molecule has 5 aromatic rings. The topological polar surface area (TPSA) is 123 Å². The van der Waals surface area contributed by atoms with E-state index in [1.165, 1.54) is 23.1 Å². The van der Waals surface area contributed by atoms with Crippen molar-refractivity contribution in [1.82, 2.24) is 4.57 Å². The van der Waals surface area contributed by atoms with Crippen LogP contribution in [0.4, 0.5) is 0 Å². The number of ether oxygens (including phenoxy) is 4. The van der Waals surface area contributed by atoms with Gasteiger partial charge in [0.2, 0.25) is 0 Å². The van der Waals surface area contributed by atoms with Gasteiger partial charge in [0.15, 0.2) is 18.4 Å². The van der Waals surface area contributed by atoms with Gasteiger partial charge in [0.25, 0.3) is 5.56 Å². The highest BCUT2D eigenvalue weighted by atomic mass is 16.7. The summed E-state index contributed by atoms with van der Waals surface area (Å²) < 4.78 is 30.2. The molecule has 0 bridgehead atoms. The molecule has 10 heteroatoms. The van der Waals surface area contributed by atoms with E-state index in [4.69, 9.17) is 23.4 Å². The molecule has 3 aromatic carbocycles. The number of benzene rings is 3. The average molecular weight is 580 g/mol. The minimum Gasteiger partial charge on any atom is -0.464 e. The normalized spacial score (nSPS) is 19.5. The predicted molar refractivity (Wildman–Crippen MR) is 152 cm³/mol. The van der Waals surface area contributed by atoms with Crippen molar-refractivity contribution in [2.75, 3.05) is 6.61 Å². The molecule has 0 aliphatic carbocycles. The molecule has 1 saturated heterocycles. The first-order valence-electron chi connectivity index (χ1n) is 13.5. The van der Waals surface area contributed by atoms with Crippen LogP contribution in [0, 0.1) is 0 Å². The fraction of sp³-hybridized carbons (Fsp3) is 0.152. The van der Waals surface area contributed by atoms with Gasteiger partial charge < -0.3 is 23.4 Å². The van der Waals surface area contributed by atoms with E-state index in [0.717, 1.165) is 0 Å². The maximum Gasteiger partial charge on any atom is 0.338 e. The van der Waals surface area contributed by atoms with Gasteiger partial charge in [0.1, 0.15) is 18.3 Å². The zero-order valence-electron chi connectivity index (χ0n) is 22.6. The van der Waals surface area contributed by atoms with Crippen LogP contribution >= 0.6 is 0 Å². The molecule has 216 valence electrons. The lowest BCUT2D eigenvalue weighted by molar-refractivity contribution is -0.0632. The number of rotatable bonds is 8. The summed E-state index contributed by atoms with van der Waals surface area (Å²) in [6, 6.07) is 27.9. The summed E-state index contributed by atoms with van der Waals surface area (Å²) in [6.45, 7) is -0.362. The van der Waals surface area contributed by atoms with E-state index in [0.29, 0.717) is 11.1 Å². The number of hydrogen-bond acceptors (Lipinski definition) is 9. The minimum atomic E-state index is -1.30. The van der Waals surface area contributed by atoms with Gasteiger partial charge in [-0.2, -0.15) is 0 Å². The number of nitrogens with zero attached hydrogens (tertiary/aromatic N) is 1. The summed E-state index contributed by atoms with van der Waals surface area (Å²) in [5.41, 5.74) is 0.676. The molecule has 0 spiro atoms. The second-order valence-electron chi connectivity index (χ2n) is 9.73. The quantitative estimate of drug-likeness (QED) is 0.188. The van der Waals surface area contributed by atoms with Gasteiger partial charge in [-0.05, 0) is 48.5 Å². The van der Waals surface area contributed by atoms with Crippen LogP contribution in [0.2, 0.25) is 0 Å². The van der Waals surface area contributed by atoms with Gasteiger partial charge in [-0.15, -0.1) is 0 Å². The van der Waals surface area contributed by atoms with Crippen LogP contribution in [0.3, 0.4) is 0 Å². The van der Waals surface area contributed by atoms with E-state index in [1.54, 1.807) is 97.1 Å². The Morgan fingerprint density at radius 3 is 1.79 bits per heavy atom. The van der Waals surface area contributed by atoms with Gasteiger partial charge in [0, 0.05) is 6.20 Å². The van der Waals surface area contributed by atoms with E-state index >= 15 is 0 Å². The molecule has 43 heavy (non-hydrogen) atoms. The Kier molecular flexibility index (Phi) is 7.84. The highest BCUT2D eigenvalue weighted by Gasteiger charge is 2.51. The summed E-state index contributed by atoms with van der Waals surface area (Å²) in [7, 11) is 0. The molecule has 0 N–H and O–H groups in total. The summed E-state index contributed by atoms with van der Waals surface area (Å²) in [4.78, 5) is 52.8. The van der Waals surface area contributed by atoms with Crippen LogP contribution in [0.15, 0.2) is 125 Å². The van der Waals surface area contributed by atoms with Gasteiger partial charge >= 0.3 is 17.9 Å². The van der Waals surface area contributed by atoms with E-state index < -0.39 is 48.0 Å². The zero-order valence-corrected chi connectivity index (χ0v) is 22.6. The molecule has 0 saturated carbocycles. The predicted octanol–water partition coefficient (Wildman–Crippen LogP) is 4.80. The first-order valence-corrected chi connectivity index (χ1v) is 13.5. The largest absolute Gasteiger partial charge is 0.464 e. The SMILES string of the molecule is O=C(OC[C@H]1O[C@@H](n2ccc3occc3c2=O)[C@H](OC(=O)c2ccccc2)[C@H]1OC(=O)c1ccccc1)c1ccccc1. The molecule has 0 radical (unpaired) electrons. The van der Waals surface area contributed by atoms with Gasteiger partial charge in [-0.3, -0.25) is 9.36 Å². The van der Waals surface area contributed by atoms with Gasteiger partial charge in [0.05, 0.1) is 28.3 Å². The number of furan rings is 1. The Morgan fingerprint density at radius 2 is 1.21 bits per heavy atom. The smallest absolute Gasteiger partial charge is 0.338 e. The van der Waals surface area contributed by atoms with Crippen LogP contribution in [-0.2, 0) is 18.9 Å². The molecular weight excluding hydrogens is 554 g/mol.